The minimum atomic E-state index is 0.0354. The number of rotatable bonds is 4. The van der Waals surface area contributed by atoms with Crippen molar-refractivity contribution in [1.82, 2.24) is 24.6 Å². The molecule has 0 radical (unpaired) electrons. The summed E-state index contributed by atoms with van der Waals surface area (Å²) in [7, 11) is 0. The Labute approximate surface area is 167 Å². The average molecular weight is 387 g/mol. The number of hydrogen-bond acceptors (Lipinski definition) is 5. The smallest absolute Gasteiger partial charge is 0.242 e. The van der Waals surface area contributed by atoms with E-state index in [1.54, 1.807) is 12.5 Å². The Morgan fingerprint density at radius 1 is 1.07 bits per heavy atom. The summed E-state index contributed by atoms with van der Waals surface area (Å²) in [5.41, 5.74) is 1.89. The van der Waals surface area contributed by atoms with Gasteiger partial charge in [-0.25, -0.2) is 4.98 Å². The number of likely N-dealkylation sites (tertiary alicyclic amines) is 1. The van der Waals surface area contributed by atoms with E-state index in [0.29, 0.717) is 25.5 Å². The maximum absolute atomic E-state index is 12.8. The number of ether oxygens (including phenoxy) is 1. The molecule has 0 aliphatic carbocycles. The summed E-state index contributed by atoms with van der Waals surface area (Å²) in [6.07, 6.45) is 5.07. The van der Waals surface area contributed by atoms with Gasteiger partial charge in [0, 0.05) is 36.7 Å². The van der Waals surface area contributed by atoms with Gasteiger partial charge >= 0.3 is 0 Å². The van der Waals surface area contributed by atoms with Gasteiger partial charge in [-0.15, -0.1) is 5.10 Å². The van der Waals surface area contributed by atoms with Gasteiger partial charge in [0.05, 0.1) is 23.6 Å². The largest absolute Gasteiger partial charge is 0.473 e. The van der Waals surface area contributed by atoms with Crippen LogP contribution in [0.2, 0.25) is 0 Å². The summed E-state index contributed by atoms with van der Waals surface area (Å²) in [5, 5.41) is 10.2. The number of piperidine rings is 1. The maximum atomic E-state index is 12.8. The third-order valence-electron chi connectivity index (χ3n) is 5.44. The van der Waals surface area contributed by atoms with Crippen LogP contribution in [0.5, 0.6) is 5.88 Å². The highest BCUT2D eigenvalue weighted by Crippen LogP contribution is 2.25. The van der Waals surface area contributed by atoms with Crippen molar-refractivity contribution in [3.8, 4) is 5.88 Å². The number of para-hydroxylation sites is 2. The summed E-state index contributed by atoms with van der Waals surface area (Å²) in [5.74, 6) is 0.675. The number of benzene rings is 2. The monoisotopic (exact) mass is 387 g/mol. The number of amides is 1. The molecule has 7 heteroatoms. The summed E-state index contributed by atoms with van der Waals surface area (Å²) in [4.78, 5) is 19.0. The molecule has 1 amide bonds. The van der Waals surface area contributed by atoms with Gasteiger partial charge in [-0.3, -0.25) is 4.79 Å². The highest BCUT2D eigenvalue weighted by molar-refractivity contribution is 5.85. The Balaban J connectivity index is 1.21. The van der Waals surface area contributed by atoms with Gasteiger partial charge in [-0.2, -0.15) is 5.10 Å². The van der Waals surface area contributed by atoms with Crippen LogP contribution < -0.4 is 4.74 Å². The van der Waals surface area contributed by atoms with Crippen molar-refractivity contribution in [1.29, 1.82) is 0 Å². The predicted octanol–water partition coefficient (Wildman–Crippen LogP) is 3.05. The molecule has 3 heterocycles. The van der Waals surface area contributed by atoms with E-state index >= 15 is 0 Å². The lowest BCUT2D eigenvalue weighted by molar-refractivity contribution is -0.133. The highest BCUT2D eigenvalue weighted by Gasteiger charge is 2.25. The SMILES string of the molecule is O=C(Cn1cnc2ccccc21)N1CCC(Oc2nncc3ccccc23)CC1. The zero-order chi connectivity index (χ0) is 19.6. The number of hydrogen-bond donors (Lipinski definition) is 0. The van der Waals surface area contributed by atoms with Crippen LogP contribution in [-0.2, 0) is 11.3 Å². The molecule has 0 bridgehead atoms. The minimum absolute atomic E-state index is 0.0354. The van der Waals surface area contributed by atoms with Gasteiger partial charge in [0.15, 0.2) is 0 Å². The molecule has 29 heavy (non-hydrogen) atoms. The normalized spacial score (nSPS) is 15.1. The van der Waals surface area contributed by atoms with Gasteiger partial charge < -0.3 is 14.2 Å². The molecule has 4 aromatic rings. The Bertz CT molecular complexity index is 1160. The zero-order valence-electron chi connectivity index (χ0n) is 15.9. The minimum Gasteiger partial charge on any atom is -0.473 e. The first-order valence-electron chi connectivity index (χ1n) is 9.83. The predicted molar refractivity (Wildman–Crippen MR) is 110 cm³/mol. The maximum Gasteiger partial charge on any atom is 0.242 e. The molecule has 0 N–H and O–H groups in total. The number of imidazole rings is 1. The Hall–Kier alpha value is -3.48. The standard InChI is InChI=1S/C22H21N5O2/c28-21(14-27-15-23-19-7-3-4-8-20(19)27)26-11-9-17(10-12-26)29-22-18-6-2-1-5-16(18)13-24-25-22/h1-8,13,15,17H,9-12,14H2. The van der Waals surface area contributed by atoms with E-state index in [2.05, 4.69) is 15.2 Å². The second-order valence-corrected chi connectivity index (χ2v) is 7.30. The molecule has 7 nitrogen and oxygen atoms in total. The molecule has 1 aliphatic rings. The third kappa shape index (κ3) is 3.51. The summed E-state index contributed by atoms with van der Waals surface area (Å²) >= 11 is 0. The van der Waals surface area contributed by atoms with Gasteiger partial charge in [0.25, 0.3) is 0 Å². The number of nitrogens with zero attached hydrogens (tertiary/aromatic N) is 5. The van der Waals surface area contributed by atoms with Crippen molar-refractivity contribution in [2.24, 2.45) is 0 Å². The summed E-state index contributed by atoms with van der Waals surface area (Å²) < 4.78 is 8.04. The summed E-state index contributed by atoms with van der Waals surface area (Å²) in [6, 6.07) is 15.8. The first kappa shape index (κ1) is 17.6. The molecule has 0 spiro atoms. The van der Waals surface area contributed by atoms with Crippen molar-refractivity contribution < 1.29 is 9.53 Å². The van der Waals surface area contributed by atoms with E-state index < -0.39 is 0 Å². The lowest BCUT2D eigenvalue weighted by Gasteiger charge is -2.32. The molecule has 1 aliphatic heterocycles. The van der Waals surface area contributed by atoms with Gasteiger partial charge in [0.2, 0.25) is 11.8 Å². The van der Waals surface area contributed by atoms with Crippen LogP contribution >= 0.6 is 0 Å². The Morgan fingerprint density at radius 2 is 1.86 bits per heavy atom. The molecular weight excluding hydrogens is 366 g/mol. The van der Waals surface area contributed by atoms with Crippen LogP contribution in [0.1, 0.15) is 12.8 Å². The topological polar surface area (TPSA) is 73.1 Å². The van der Waals surface area contributed by atoms with Crippen molar-refractivity contribution in [2.45, 2.75) is 25.5 Å². The lowest BCUT2D eigenvalue weighted by atomic mass is 10.1. The second-order valence-electron chi connectivity index (χ2n) is 7.30. The molecular formula is C22H21N5O2. The van der Waals surface area contributed by atoms with E-state index in [9.17, 15) is 4.79 Å². The lowest BCUT2D eigenvalue weighted by Crippen LogP contribution is -2.43. The van der Waals surface area contributed by atoms with Gasteiger partial charge in [-0.05, 0) is 18.2 Å². The molecule has 0 atom stereocenters. The van der Waals surface area contributed by atoms with E-state index in [0.717, 1.165) is 34.6 Å². The summed E-state index contributed by atoms with van der Waals surface area (Å²) in [6.45, 7) is 1.66. The van der Waals surface area contributed by atoms with Crippen LogP contribution in [0.15, 0.2) is 61.1 Å². The van der Waals surface area contributed by atoms with E-state index in [-0.39, 0.29) is 12.0 Å². The Morgan fingerprint density at radius 3 is 2.76 bits per heavy atom. The number of aromatic nitrogens is 4. The zero-order valence-corrected chi connectivity index (χ0v) is 15.9. The van der Waals surface area contributed by atoms with Crippen LogP contribution in [0.4, 0.5) is 0 Å². The molecule has 0 unspecified atom stereocenters. The van der Waals surface area contributed by atoms with Crippen LogP contribution in [-0.4, -0.2) is 49.7 Å². The molecule has 2 aromatic heterocycles. The molecule has 1 saturated heterocycles. The molecule has 2 aromatic carbocycles. The van der Waals surface area contributed by atoms with Crippen LogP contribution in [0.3, 0.4) is 0 Å². The average Bonchev–Trinajstić information content (AvgIpc) is 3.17. The van der Waals surface area contributed by atoms with E-state index in [1.807, 2.05) is 58.0 Å². The third-order valence-corrected chi connectivity index (χ3v) is 5.44. The fourth-order valence-electron chi connectivity index (χ4n) is 3.85. The van der Waals surface area contributed by atoms with Crippen molar-refractivity contribution in [3.63, 3.8) is 0 Å². The first-order valence-corrected chi connectivity index (χ1v) is 9.83. The number of carbonyl (C=O) groups excluding carboxylic acids is 1. The van der Waals surface area contributed by atoms with Crippen molar-refractivity contribution in [3.05, 3.63) is 61.1 Å². The van der Waals surface area contributed by atoms with Crippen molar-refractivity contribution in [2.75, 3.05) is 13.1 Å². The fraction of sp³-hybridized carbons (Fsp3) is 0.273. The van der Waals surface area contributed by atoms with Gasteiger partial charge in [0.1, 0.15) is 12.6 Å². The highest BCUT2D eigenvalue weighted by atomic mass is 16.5. The van der Waals surface area contributed by atoms with E-state index in [1.165, 1.54) is 0 Å². The van der Waals surface area contributed by atoms with E-state index in [4.69, 9.17) is 4.74 Å². The number of fused-ring (bicyclic) bond motifs is 2. The second kappa shape index (κ2) is 7.50. The molecule has 5 rings (SSSR count). The first-order chi connectivity index (χ1) is 14.3. The van der Waals surface area contributed by atoms with Crippen LogP contribution in [0.25, 0.3) is 21.8 Å². The van der Waals surface area contributed by atoms with Crippen molar-refractivity contribution >= 4 is 27.7 Å². The quantitative estimate of drug-likeness (QED) is 0.538. The molecule has 146 valence electrons. The van der Waals surface area contributed by atoms with Crippen LogP contribution in [0, 0.1) is 0 Å². The molecule has 1 fully saturated rings. The van der Waals surface area contributed by atoms with Gasteiger partial charge in [-0.1, -0.05) is 30.3 Å². The fourth-order valence-corrected chi connectivity index (χ4v) is 3.85. The Kier molecular flexibility index (Phi) is 4.56. The molecule has 0 saturated carbocycles. The number of carbonyl (C=O) groups is 1.